The molecule has 0 aromatic carbocycles. The van der Waals surface area contributed by atoms with Gasteiger partial charge in [-0.1, -0.05) is 6.42 Å². The second kappa shape index (κ2) is 4.63. The summed E-state index contributed by atoms with van der Waals surface area (Å²) in [5.74, 6) is 1.04. The third kappa shape index (κ3) is 2.48. The third-order valence-corrected chi connectivity index (χ3v) is 3.88. The Morgan fingerprint density at radius 1 is 1.07 bits per heavy atom. The van der Waals surface area contributed by atoms with Crippen LogP contribution in [0.25, 0.3) is 0 Å². The average molecular weight is 196 g/mol. The molecule has 2 nitrogen and oxygen atoms in total. The molecule has 2 heteroatoms. The molecular formula is C12H24N2. The first-order chi connectivity index (χ1) is 6.75. The molecule has 0 radical (unpaired) electrons. The first kappa shape index (κ1) is 10.4. The molecule has 0 spiro atoms. The van der Waals surface area contributed by atoms with Crippen LogP contribution in [0.5, 0.6) is 0 Å². The van der Waals surface area contributed by atoms with Gasteiger partial charge in [0.2, 0.25) is 0 Å². The van der Waals surface area contributed by atoms with Gasteiger partial charge in [0.1, 0.15) is 0 Å². The average Bonchev–Trinajstić information content (AvgIpc) is 2.12. The van der Waals surface area contributed by atoms with E-state index in [0.717, 1.165) is 12.0 Å². The highest BCUT2D eigenvalue weighted by Crippen LogP contribution is 2.27. The highest BCUT2D eigenvalue weighted by molar-refractivity contribution is 4.79. The van der Waals surface area contributed by atoms with Crippen LogP contribution in [0.3, 0.4) is 0 Å². The van der Waals surface area contributed by atoms with Crippen molar-refractivity contribution in [3.05, 3.63) is 0 Å². The van der Waals surface area contributed by atoms with Crippen LogP contribution in [0.1, 0.15) is 33.1 Å². The molecule has 2 fully saturated rings. The van der Waals surface area contributed by atoms with E-state index >= 15 is 0 Å². The van der Waals surface area contributed by atoms with E-state index in [-0.39, 0.29) is 0 Å². The highest BCUT2D eigenvalue weighted by Gasteiger charge is 2.24. The van der Waals surface area contributed by atoms with Crippen molar-refractivity contribution in [2.75, 3.05) is 32.7 Å². The molecule has 0 amide bonds. The van der Waals surface area contributed by atoms with Crippen molar-refractivity contribution in [2.24, 2.45) is 5.92 Å². The van der Waals surface area contributed by atoms with E-state index in [1.165, 1.54) is 52.0 Å². The van der Waals surface area contributed by atoms with Crippen LogP contribution < -0.4 is 0 Å². The van der Waals surface area contributed by atoms with Crippen LogP contribution >= 0.6 is 0 Å². The van der Waals surface area contributed by atoms with Crippen molar-refractivity contribution in [1.29, 1.82) is 0 Å². The lowest BCUT2D eigenvalue weighted by Gasteiger charge is -2.39. The van der Waals surface area contributed by atoms with E-state index in [1.54, 1.807) is 0 Å². The minimum Gasteiger partial charge on any atom is -0.301 e. The number of nitrogens with zero attached hydrogens (tertiary/aromatic N) is 2. The lowest BCUT2D eigenvalue weighted by molar-refractivity contribution is 0.0839. The molecule has 0 bridgehead atoms. The van der Waals surface area contributed by atoms with Crippen LogP contribution in [-0.4, -0.2) is 48.6 Å². The van der Waals surface area contributed by atoms with E-state index < -0.39 is 0 Å². The lowest BCUT2D eigenvalue weighted by Crippen LogP contribution is -2.50. The Morgan fingerprint density at radius 3 is 2.14 bits per heavy atom. The Kier molecular flexibility index (Phi) is 3.45. The van der Waals surface area contributed by atoms with Gasteiger partial charge in [-0.05, 0) is 32.6 Å². The van der Waals surface area contributed by atoms with Gasteiger partial charge < -0.3 is 4.90 Å². The summed E-state index contributed by atoms with van der Waals surface area (Å²) in [6, 6.07) is 0.737. The molecule has 1 saturated carbocycles. The van der Waals surface area contributed by atoms with Crippen molar-refractivity contribution in [3.63, 3.8) is 0 Å². The van der Waals surface area contributed by atoms with E-state index in [9.17, 15) is 0 Å². The predicted octanol–water partition coefficient (Wildman–Crippen LogP) is 1.81. The lowest BCUT2D eigenvalue weighted by atomic mass is 9.85. The van der Waals surface area contributed by atoms with Crippen molar-refractivity contribution in [3.8, 4) is 0 Å². The number of hydrogen-bond acceptors (Lipinski definition) is 2. The molecule has 0 aromatic heterocycles. The summed E-state index contributed by atoms with van der Waals surface area (Å²) in [5.41, 5.74) is 0. The molecule has 0 N–H and O–H groups in total. The Labute approximate surface area is 88.3 Å². The summed E-state index contributed by atoms with van der Waals surface area (Å²) in [7, 11) is 0. The Balaban J connectivity index is 1.67. The summed E-state index contributed by atoms with van der Waals surface area (Å²) in [4.78, 5) is 5.26. The minimum absolute atomic E-state index is 0.737. The Bertz CT molecular complexity index is 167. The van der Waals surface area contributed by atoms with Crippen LogP contribution in [0, 0.1) is 5.92 Å². The van der Waals surface area contributed by atoms with E-state index in [1.807, 2.05) is 0 Å². The summed E-state index contributed by atoms with van der Waals surface area (Å²) >= 11 is 0. The molecule has 0 atom stereocenters. The number of hydrogen-bond donors (Lipinski definition) is 0. The molecule has 0 aromatic rings. The monoisotopic (exact) mass is 196 g/mol. The van der Waals surface area contributed by atoms with Crippen molar-refractivity contribution in [2.45, 2.75) is 39.2 Å². The normalized spacial score (nSPS) is 26.8. The number of rotatable bonds is 3. The van der Waals surface area contributed by atoms with E-state index in [0.29, 0.717) is 0 Å². The standard InChI is InChI=1S/C12H24N2/c1-11(2)14-8-6-13(7-9-14)10-12-4-3-5-12/h11-12H,3-10H2,1-2H3. The molecule has 1 aliphatic carbocycles. The fourth-order valence-corrected chi connectivity index (χ4v) is 2.50. The summed E-state index contributed by atoms with van der Waals surface area (Å²) in [5, 5.41) is 0. The predicted molar refractivity (Wildman–Crippen MR) is 60.5 cm³/mol. The van der Waals surface area contributed by atoms with Crippen LogP contribution in [-0.2, 0) is 0 Å². The molecule has 2 rings (SSSR count). The van der Waals surface area contributed by atoms with Gasteiger partial charge in [0.15, 0.2) is 0 Å². The molecule has 2 aliphatic rings. The molecule has 1 heterocycles. The molecule has 0 unspecified atom stereocenters. The maximum absolute atomic E-state index is 2.67. The zero-order valence-corrected chi connectivity index (χ0v) is 9.71. The summed E-state index contributed by atoms with van der Waals surface area (Å²) in [6.07, 6.45) is 4.46. The van der Waals surface area contributed by atoms with Crippen LogP contribution in [0.15, 0.2) is 0 Å². The van der Waals surface area contributed by atoms with Crippen molar-refractivity contribution in [1.82, 2.24) is 9.80 Å². The van der Waals surface area contributed by atoms with Crippen LogP contribution in [0.2, 0.25) is 0 Å². The SMILES string of the molecule is CC(C)N1CCN(CC2CCC2)CC1. The zero-order chi connectivity index (χ0) is 9.97. The molecular weight excluding hydrogens is 172 g/mol. The van der Waals surface area contributed by atoms with E-state index in [4.69, 9.17) is 0 Å². The first-order valence-electron chi connectivity index (χ1n) is 6.22. The fraction of sp³-hybridized carbons (Fsp3) is 1.00. The Morgan fingerprint density at radius 2 is 1.71 bits per heavy atom. The first-order valence-corrected chi connectivity index (χ1v) is 6.22. The van der Waals surface area contributed by atoms with Gasteiger partial charge in [-0.2, -0.15) is 0 Å². The summed E-state index contributed by atoms with van der Waals surface area (Å²) in [6.45, 7) is 11.2. The fourth-order valence-electron chi connectivity index (χ4n) is 2.50. The second-order valence-electron chi connectivity index (χ2n) is 5.23. The van der Waals surface area contributed by atoms with Gasteiger partial charge in [-0.15, -0.1) is 0 Å². The minimum atomic E-state index is 0.737. The molecule has 1 aliphatic heterocycles. The Hall–Kier alpha value is -0.0800. The van der Waals surface area contributed by atoms with E-state index in [2.05, 4.69) is 23.6 Å². The maximum atomic E-state index is 2.67. The largest absolute Gasteiger partial charge is 0.301 e. The van der Waals surface area contributed by atoms with Crippen molar-refractivity contribution >= 4 is 0 Å². The molecule has 14 heavy (non-hydrogen) atoms. The van der Waals surface area contributed by atoms with Crippen LogP contribution in [0.4, 0.5) is 0 Å². The van der Waals surface area contributed by atoms with Gasteiger partial charge >= 0.3 is 0 Å². The van der Waals surface area contributed by atoms with Gasteiger partial charge in [0.25, 0.3) is 0 Å². The molecule has 82 valence electrons. The topological polar surface area (TPSA) is 6.48 Å². The second-order valence-corrected chi connectivity index (χ2v) is 5.23. The van der Waals surface area contributed by atoms with Gasteiger partial charge in [0, 0.05) is 38.8 Å². The van der Waals surface area contributed by atoms with Gasteiger partial charge in [-0.3, -0.25) is 4.90 Å². The number of piperazine rings is 1. The van der Waals surface area contributed by atoms with Crippen molar-refractivity contribution < 1.29 is 0 Å². The maximum Gasteiger partial charge on any atom is 0.0113 e. The highest BCUT2D eigenvalue weighted by atomic mass is 15.3. The third-order valence-electron chi connectivity index (χ3n) is 3.88. The zero-order valence-electron chi connectivity index (χ0n) is 9.71. The smallest absolute Gasteiger partial charge is 0.0113 e. The quantitative estimate of drug-likeness (QED) is 0.679. The summed E-state index contributed by atoms with van der Waals surface area (Å²) < 4.78 is 0. The van der Waals surface area contributed by atoms with Gasteiger partial charge in [0.05, 0.1) is 0 Å². The van der Waals surface area contributed by atoms with Gasteiger partial charge in [-0.25, -0.2) is 0 Å². The molecule has 1 saturated heterocycles.